The van der Waals surface area contributed by atoms with Gasteiger partial charge in [0.2, 0.25) is 0 Å². The average Bonchev–Trinajstić information content (AvgIpc) is 1.61. The number of halogens is 5. The smallest absolute Gasteiger partial charge is 0.335 e. The van der Waals surface area contributed by atoms with Crippen molar-refractivity contribution in [3.8, 4) is 0 Å². The summed E-state index contributed by atoms with van der Waals surface area (Å²) in [5, 5.41) is 7.66. The third kappa shape index (κ3) is 0.588. The molecule has 60 valence electrons. The molecule has 1 rings (SSSR count). The Labute approximate surface area is 51.2 Å². The van der Waals surface area contributed by atoms with E-state index >= 15 is 0 Å². The molecule has 1 unspecified atom stereocenters. The van der Waals surface area contributed by atoms with E-state index in [1.54, 1.807) is 0 Å². The maximum atomic E-state index is 11.6. The number of ether oxygens (including phenoxy) is 1. The predicted molar refractivity (Wildman–Crippen MR) is 17.0 cm³/mol. The van der Waals surface area contributed by atoms with E-state index in [2.05, 4.69) is 4.74 Å². The van der Waals surface area contributed by atoms with Gasteiger partial charge in [0.25, 0.3) is 0 Å². The van der Waals surface area contributed by atoms with Crippen LogP contribution in [0.4, 0.5) is 22.0 Å². The zero-order valence-electron chi connectivity index (χ0n) is 4.25. The van der Waals surface area contributed by atoms with Crippen molar-refractivity contribution in [2.45, 2.75) is 18.1 Å². The largest absolute Gasteiger partial charge is 0.432 e. The Balaban J connectivity index is 2.85. The minimum atomic E-state index is -5.15. The van der Waals surface area contributed by atoms with Crippen LogP contribution in [0.2, 0.25) is 0 Å². The molecular formula is C3HF5O2. The molecular weight excluding hydrogens is 163 g/mol. The predicted octanol–water partition coefficient (Wildman–Crippen LogP) is 0.860. The number of hydrogen-bond donors (Lipinski definition) is 1. The van der Waals surface area contributed by atoms with Crippen LogP contribution in [0.3, 0.4) is 0 Å². The van der Waals surface area contributed by atoms with E-state index in [1.165, 1.54) is 0 Å². The van der Waals surface area contributed by atoms with E-state index in [9.17, 15) is 22.0 Å². The van der Waals surface area contributed by atoms with Gasteiger partial charge in [-0.1, -0.05) is 0 Å². The van der Waals surface area contributed by atoms with Gasteiger partial charge in [0, 0.05) is 0 Å². The first-order chi connectivity index (χ1) is 4.21. The molecule has 0 spiro atoms. The summed E-state index contributed by atoms with van der Waals surface area (Å²) < 4.78 is 60.2. The number of aliphatic hydroxyl groups is 1. The molecule has 10 heavy (non-hydrogen) atoms. The second-order valence-corrected chi connectivity index (χ2v) is 1.75. The zero-order valence-corrected chi connectivity index (χ0v) is 4.25. The average molecular weight is 164 g/mol. The third-order valence-electron chi connectivity index (χ3n) is 1.02. The lowest BCUT2D eigenvalue weighted by molar-refractivity contribution is -0.602. The number of rotatable bonds is 0. The lowest BCUT2D eigenvalue weighted by Gasteiger charge is -2.43. The molecule has 1 N–H and O–H groups in total. The molecule has 0 bridgehead atoms. The van der Waals surface area contributed by atoms with Crippen LogP contribution in [0.1, 0.15) is 0 Å². The van der Waals surface area contributed by atoms with Crippen molar-refractivity contribution in [3.05, 3.63) is 0 Å². The van der Waals surface area contributed by atoms with E-state index < -0.39 is 18.1 Å². The molecule has 0 aliphatic carbocycles. The van der Waals surface area contributed by atoms with Gasteiger partial charge in [-0.2, -0.15) is 22.0 Å². The molecule has 0 aromatic carbocycles. The Morgan fingerprint density at radius 1 is 1.00 bits per heavy atom. The van der Waals surface area contributed by atoms with Crippen LogP contribution < -0.4 is 0 Å². The fraction of sp³-hybridized carbons (Fsp3) is 1.00. The summed E-state index contributed by atoms with van der Waals surface area (Å²) >= 11 is 0. The minimum absolute atomic E-state index is 2.53. The first kappa shape index (κ1) is 7.67. The summed E-state index contributed by atoms with van der Waals surface area (Å²) in [6, 6.07) is -4.53. The highest BCUT2D eigenvalue weighted by Gasteiger charge is 2.85. The highest BCUT2D eigenvalue weighted by Crippen LogP contribution is 2.55. The van der Waals surface area contributed by atoms with E-state index in [0.717, 1.165) is 0 Å². The first-order valence-electron chi connectivity index (χ1n) is 2.08. The Hall–Kier alpha value is -0.430. The van der Waals surface area contributed by atoms with Gasteiger partial charge in [0.1, 0.15) is 0 Å². The Morgan fingerprint density at radius 2 is 1.40 bits per heavy atom. The van der Waals surface area contributed by atoms with Crippen LogP contribution in [-0.4, -0.2) is 23.2 Å². The second-order valence-electron chi connectivity index (χ2n) is 1.75. The van der Waals surface area contributed by atoms with Crippen molar-refractivity contribution in [1.82, 2.24) is 0 Å². The summed E-state index contributed by atoms with van der Waals surface area (Å²) in [5.41, 5.74) is 0. The van der Waals surface area contributed by atoms with E-state index in [0.29, 0.717) is 0 Å². The SMILES string of the molecule is OC1(F)OC(F)(F)C1(F)F. The monoisotopic (exact) mass is 164 g/mol. The lowest BCUT2D eigenvalue weighted by Crippen LogP contribution is -2.71. The van der Waals surface area contributed by atoms with Crippen LogP contribution in [0.25, 0.3) is 0 Å². The molecule has 1 aliphatic heterocycles. The molecule has 1 atom stereocenters. The maximum Gasteiger partial charge on any atom is 0.432 e. The van der Waals surface area contributed by atoms with Crippen LogP contribution in [-0.2, 0) is 4.74 Å². The fourth-order valence-corrected chi connectivity index (χ4v) is 0.431. The summed E-state index contributed by atoms with van der Waals surface area (Å²) in [7, 11) is 0. The number of hydrogen-bond acceptors (Lipinski definition) is 2. The Bertz CT molecular complexity index is 148. The first-order valence-corrected chi connectivity index (χ1v) is 2.08. The molecule has 7 heteroatoms. The van der Waals surface area contributed by atoms with Gasteiger partial charge in [-0.25, -0.2) is 4.74 Å². The van der Waals surface area contributed by atoms with Gasteiger partial charge in [-0.15, -0.1) is 0 Å². The van der Waals surface area contributed by atoms with Crippen LogP contribution in [0, 0.1) is 0 Å². The molecule has 1 fully saturated rings. The molecule has 1 heterocycles. The van der Waals surface area contributed by atoms with Gasteiger partial charge < -0.3 is 5.11 Å². The van der Waals surface area contributed by atoms with Crippen molar-refractivity contribution in [2.24, 2.45) is 0 Å². The quantitative estimate of drug-likeness (QED) is 0.538. The van der Waals surface area contributed by atoms with Gasteiger partial charge in [0.15, 0.2) is 0 Å². The molecule has 0 aromatic heterocycles. The molecule has 0 amide bonds. The van der Waals surface area contributed by atoms with Crippen LogP contribution >= 0.6 is 0 Å². The minimum Gasteiger partial charge on any atom is -0.335 e. The van der Waals surface area contributed by atoms with Crippen molar-refractivity contribution in [3.63, 3.8) is 0 Å². The van der Waals surface area contributed by atoms with Gasteiger partial charge in [-0.05, 0) is 0 Å². The van der Waals surface area contributed by atoms with Crippen molar-refractivity contribution in [1.29, 1.82) is 0 Å². The van der Waals surface area contributed by atoms with Crippen molar-refractivity contribution in [2.75, 3.05) is 0 Å². The van der Waals surface area contributed by atoms with Crippen LogP contribution in [0.15, 0.2) is 0 Å². The number of alkyl halides is 5. The second kappa shape index (κ2) is 1.42. The molecule has 1 aliphatic rings. The summed E-state index contributed by atoms with van der Waals surface area (Å²) in [6.45, 7) is 0. The summed E-state index contributed by atoms with van der Waals surface area (Å²) in [4.78, 5) is 0. The fourth-order valence-electron chi connectivity index (χ4n) is 0.431. The van der Waals surface area contributed by atoms with E-state index in [4.69, 9.17) is 5.11 Å². The van der Waals surface area contributed by atoms with E-state index in [1.807, 2.05) is 0 Å². The van der Waals surface area contributed by atoms with Crippen molar-refractivity contribution < 1.29 is 31.8 Å². The van der Waals surface area contributed by atoms with Crippen molar-refractivity contribution >= 4 is 0 Å². The molecule has 1 saturated heterocycles. The molecule has 0 aromatic rings. The highest BCUT2D eigenvalue weighted by molar-refractivity contribution is 4.95. The third-order valence-corrected chi connectivity index (χ3v) is 1.02. The van der Waals surface area contributed by atoms with Gasteiger partial charge in [-0.3, -0.25) is 0 Å². The topological polar surface area (TPSA) is 29.5 Å². The highest BCUT2D eigenvalue weighted by atomic mass is 19.3. The molecule has 2 nitrogen and oxygen atoms in total. The Kier molecular flexibility index (Phi) is 1.09. The zero-order chi connectivity index (χ0) is 8.21. The van der Waals surface area contributed by atoms with E-state index in [-0.39, 0.29) is 0 Å². The Morgan fingerprint density at radius 3 is 1.40 bits per heavy atom. The lowest BCUT2D eigenvalue weighted by atomic mass is 10.2. The summed E-state index contributed by atoms with van der Waals surface area (Å²) in [5.74, 6) is -5.15. The maximum absolute atomic E-state index is 11.6. The molecule has 0 saturated carbocycles. The van der Waals surface area contributed by atoms with Gasteiger partial charge >= 0.3 is 18.1 Å². The normalized spacial score (nSPS) is 42.6. The van der Waals surface area contributed by atoms with Gasteiger partial charge in [0.05, 0.1) is 0 Å². The summed E-state index contributed by atoms with van der Waals surface area (Å²) in [6.07, 6.45) is -4.91. The molecule has 0 radical (unpaired) electrons. The standard InChI is InChI=1S/C3HF5O2/c4-1(5)2(6,7)10-3(1,8)9/h9H. The van der Waals surface area contributed by atoms with Crippen LogP contribution in [0.5, 0.6) is 0 Å².